The number of thiazole rings is 1. The molecule has 0 bridgehead atoms. The summed E-state index contributed by atoms with van der Waals surface area (Å²) in [5, 5.41) is 5.32. The molecule has 1 amide bonds. The van der Waals surface area contributed by atoms with Crippen molar-refractivity contribution in [3.8, 4) is 0 Å². The molecule has 5 heteroatoms. The number of hydrogen-bond acceptors (Lipinski definition) is 4. The summed E-state index contributed by atoms with van der Waals surface area (Å²) in [5.41, 5.74) is 0.993. The fourth-order valence-electron chi connectivity index (χ4n) is 1.26. The van der Waals surface area contributed by atoms with Crippen LogP contribution >= 0.6 is 23.1 Å². The second-order valence-corrected chi connectivity index (χ2v) is 5.33. The summed E-state index contributed by atoms with van der Waals surface area (Å²) in [6.45, 7) is 1.49. The van der Waals surface area contributed by atoms with Crippen LogP contribution in [-0.4, -0.2) is 10.9 Å². The van der Waals surface area contributed by atoms with Gasteiger partial charge in [0.15, 0.2) is 5.13 Å². The normalized spacial score (nSPS) is 10.2. The van der Waals surface area contributed by atoms with Gasteiger partial charge in [0.2, 0.25) is 5.91 Å². The van der Waals surface area contributed by atoms with Gasteiger partial charge in [-0.05, 0) is 12.1 Å². The SMILES string of the molecule is CC(=O)Nc1nc(CSc2ccccc2)cs1. The molecule has 2 rings (SSSR count). The molecule has 17 heavy (non-hydrogen) atoms. The summed E-state index contributed by atoms with van der Waals surface area (Å²) in [4.78, 5) is 16.4. The molecule has 1 N–H and O–H groups in total. The lowest BCUT2D eigenvalue weighted by Gasteiger charge is -1.98. The Morgan fingerprint density at radius 2 is 2.18 bits per heavy atom. The van der Waals surface area contributed by atoms with Crippen LogP contribution in [0.25, 0.3) is 0 Å². The topological polar surface area (TPSA) is 42.0 Å². The predicted molar refractivity (Wildman–Crippen MR) is 72.4 cm³/mol. The van der Waals surface area contributed by atoms with Gasteiger partial charge in [0.05, 0.1) is 5.69 Å². The van der Waals surface area contributed by atoms with Crippen LogP contribution in [0.3, 0.4) is 0 Å². The third kappa shape index (κ3) is 3.87. The van der Waals surface area contributed by atoms with Crippen LogP contribution in [0.1, 0.15) is 12.6 Å². The van der Waals surface area contributed by atoms with E-state index in [1.54, 1.807) is 11.8 Å². The molecule has 2 aromatic rings. The number of hydrogen-bond donors (Lipinski definition) is 1. The van der Waals surface area contributed by atoms with Crippen molar-refractivity contribution in [1.82, 2.24) is 4.98 Å². The highest BCUT2D eigenvalue weighted by Crippen LogP contribution is 2.24. The minimum absolute atomic E-state index is 0.0818. The number of nitrogens with zero attached hydrogens (tertiary/aromatic N) is 1. The molecule has 0 saturated heterocycles. The molecule has 1 heterocycles. The van der Waals surface area contributed by atoms with Gasteiger partial charge in [-0.3, -0.25) is 4.79 Å². The second-order valence-electron chi connectivity index (χ2n) is 3.43. The van der Waals surface area contributed by atoms with E-state index < -0.39 is 0 Å². The third-order valence-electron chi connectivity index (χ3n) is 1.96. The van der Waals surface area contributed by atoms with Crippen molar-refractivity contribution >= 4 is 34.1 Å². The van der Waals surface area contributed by atoms with Gasteiger partial charge >= 0.3 is 0 Å². The Kier molecular flexibility index (Phi) is 4.17. The van der Waals surface area contributed by atoms with Crippen LogP contribution < -0.4 is 5.32 Å². The highest BCUT2D eigenvalue weighted by molar-refractivity contribution is 7.98. The van der Waals surface area contributed by atoms with Gasteiger partial charge in [-0.15, -0.1) is 23.1 Å². The molecule has 0 aliphatic heterocycles. The molecule has 0 saturated carbocycles. The fourth-order valence-corrected chi connectivity index (χ4v) is 2.93. The summed E-state index contributed by atoms with van der Waals surface area (Å²) in [6.07, 6.45) is 0. The molecule has 0 unspecified atom stereocenters. The van der Waals surface area contributed by atoms with Gasteiger partial charge in [0.25, 0.3) is 0 Å². The molecule has 0 fully saturated rings. The first-order valence-corrected chi connectivity index (χ1v) is 7.00. The van der Waals surface area contributed by atoms with Crippen LogP contribution in [0.15, 0.2) is 40.6 Å². The quantitative estimate of drug-likeness (QED) is 0.861. The first-order valence-electron chi connectivity index (χ1n) is 5.14. The van der Waals surface area contributed by atoms with E-state index in [4.69, 9.17) is 0 Å². The molecule has 1 aromatic carbocycles. The van der Waals surface area contributed by atoms with Crippen molar-refractivity contribution in [3.05, 3.63) is 41.4 Å². The Balaban J connectivity index is 1.91. The molecule has 0 aliphatic rings. The zero-order valence-electron chi connectivity index (χ0n) is 9.34. The molecular weight excluding hydrogens is 252 g/mol. The number of nitrogens with one attached hydrogen (secondary N) is 1. The smallest absolute Gasteiger partial charge is 0.223 e. The van der Waals surface area contributed by atoms with Crippen molar-refractivity contribution in [1.29, 1.82) is 0 Å². The third-order valence-corrected chi connectivity index (χ3v) is 3.82. The van der Waals surface area contributed by atoms with E-state index in [0.717, 1.165) is 11.4 Å². The largest absolute Gasteiger partial charge is 0.302 e. The molecule has 0 aliphatic carbocycles. The van der Waals surface area contributed by atoms with Crippen LogP contribution in [0, 0.1) is 0 Å². The lowest BCUT2D eigenvalue weighted by atomic mass is 10.4. The number of thioether (sulfide) groups is 1. The number of anilines is 1. The van der Waals surface area contributed by atoms with Crippen LogP contribution in [-0.2, 0) is 10.5 Å². The lowest BCUT2D eigenvalue weighted by Crippen LogP contribution is -2.05. The van der Waals surface area contributed by atoms with E-state index in [2.05, 4.69) is 22.4 Å². The number of benzene rings is 1. The molecule has 3 nitrogen and oxygen atoms in total. The first kappa shape index (κ1) is 12.1. The van der Waals surface area contributed by atoms with Crippen molar-refractivity contribution in [3.63, 3.8) is 0 Å². The van der Waals surface area contributed by atoms with Gasteiger partial charge in [-0.2, -0.15) is 0 Å². The number of carbonyl (C=O) groups excluding carboxylic acids is 1. The van der Waals surface area contributed by atoms with Gasteiger partial charge in [-0.1, -0.05) is 18.2 Å². The molecule has 1 aromatic heterocycles. The van der Waals surface area contributed by atoms with E-state index in [0.29, 0.717) is 5.13 Å². The number of aromatic nitrogens is 1. The molecule has 88 valence electrons. The molecule has 0 atom stereocenters. The standard InChI is InChI=1S/C12H12N2OS2/c1-9(15)13-12-14-10(8-17-12)7-16-11-5-3-2-4-6-11/h2-6,8H,7H2,1H3,(H,13,14,15). The Morgan fingerprint density at radius 1 is 1.41 bits per heavy atom. The average Bonchev–Trinajstić information content (AvgIpc) is 2.75. The maximum Gasteiger partial charge on any atom is 0.223 e. The number of rotatable bonds is 4. The number of amides is 1. The summed E-state index contributed by atoms with van der Waals surface area (Å²) in [6, 6.07) is 10.2. The maximum absolute atomic E-state index is 10.9. The zero-order chi connectivity index (χ0) is 12.1. The zero-order valence-corrected chi connectivity index (χ0v) is 11.0. The lowest BCUT2D eigenvalue weighted by molar-refractivity contribution is -0.114. The van der Waals surface area contributed by atoms with Crippen molar-refractivity contribution in [2.45, 2.75) is 17.6 Å². The predicted octanol–water partition coefficient (Wildman–Crippen LogP) is 3.39. The van der Waals surface area contributed by atoms with E-state index in [9.17, 15) is 4.79 Å². The average molecular weight is 264 g/mol. The van der Waals surface area contributed by atoms with Crippen LogP contribution in [0.2, 0.25) is 0 Å². The second kappa shape index (κ2) is 5.84. The van der Waals surface area contributed by atoms with Crippen LogP contribution in [0.5, 0.6) is 0 Å². The summed E-state index contributed by atoms with van der Waals surface area (Å²) >= 11 is 3.19. The minimum atomic E-state index is -0.0818. The van der Waals surface area contributed by atoms with Gasteiger partial charge in [0, 0.05) is 23.0 Å². The van der Waals surface area contributed by atoms with Gasteiger partial charge in [0.1, 0.15) is 0 Å². The van der Waals surface area contributed by atoms with Gasteiger partial charge < -0.3 is 5.32 Å². The van der Waals surface area contributed by atoms with Crippen molar-refractivity contribution < 1.29 is 4.79 Å². The van der Waals surface area contributed by atoms with E-state index in [1.807, 2.05) is 23.6 Å². The highest BCUT2D eigenvalue weighted by atomic mass is 32.2. The molecule has 0 spiro atoms. The van der Waals surface area contributed by atoms with E-state index in [-0.39, 0.29) is 5.91 Å². The van der Waals surface area contributed by atoms with Crippen molar-refractivity contribution in [2.75, 3.05) is 5.32 Å². The maximum atomic E-state index is 10.9. The first-order chi connectivity index (χ1) is 8.24. The monoisotopic (exact) mass is 264 g/mol. The Hall–Kier alpha value is -1.33. The number of carbonyl (C=O) groups is 1. The molecule has 0 radical (unpaired) electrons. The highest BCUT2D eigenvalue weighted by Gasteiger charge is 2.03. The fraction of sp³-hybridized carbons (Fsp3) is 0.167. The van der Waals surface area contributed by atoms with E-state index >= 15 is 0 Å². The van der Waals surface area contributed by atoms with Crippen molar-refractivity contribution in [2.24, 2.45) is 0 Å². The summed E-state index contributed by atoms with van der Waals surface area (Å²) < 4.78 is 0. The van der Waals surface area contributed by atoms with Crippen LogP contribution in [0.4, 0.5) is 5.13 Å². The Labute approximate surface area is 108 Å². The Morgan fingerprint density at radius 3 is 2.88 bits per heavy atom. The summed E-state index contributed by atoms with van der Waals surface area (Å²) in [7, 11) is 0. The summed E-state index contributed by atoms with van der Waals surface area (Å²) in [5.74, 6) is 0.738. The molecular formula is C12H12N2OS2. The van der Waals surface area contributed by atoms with Gasteiger partial charge in [-0.25, -0.2) is 4.98 Å². The minimum Gasteiger partial charge on any atom is -0.302 e. The Bertz CT molecular complexity index is 496. The van der Waals surface area contributed by atoms with E-state index in [1.165, 1.54) is 23.2 Å².